The van der Waals surface area contributed by atoms with Crippen molar-refractivity contribution in [1.82, 2.24) is 0 Å². The molecule has 1 unspecified atom stereocenters. The summed E-state index contributed by atoms with van der Waals surface area (Å²) in [6.45, 7) is 5.73. The van der Waals surface area contributed by atoms with E-state index in [2.05, 4.69) is 13.0 Å². The van der Waals surface area contributed by atoms with Crippen LogP contribution in [-0.4, -0.2) is 0 Å². The van der Waals surface area contributed by atoms with Crippen molar-refractivity contribution in [3.8, 4) is 0 Å². The maximum Gasteiger partial charge on any atom is 0.131 e. The second-order valence-corrected chi connectivity index (χ2v) is 5.34. The lowest BCUT2D eigenvalue weighted by Gasteiger charge is -2.19. The van der Waals surface area contributed by atoms with Crippen LogP contribution in [0.1, 0.15) is 47.7 Å². The zero-order valence-corrected chi connectivity index (χ0v) is 12.7. The van der Waals surface area contributed by atoms with Crippen molar-refractivity contribution in [2.24, 2.45) is 5.73 Å². The van der Waals surface area contributed by atoms with Crippen LogP contribution in [0.2, 0.25) is 0 Å². The molecule has 21 heavy (non-hydrogen) atoms. The average molecular weight is 289 g/mol. The van der Waals surface area contributed by atoms with E-state index in [-0.39, 0.29) is 0 Å². The van der Waals surface area contributed by atoms with Gasteiger partial charge in [0, 0.05) is 11.6 Å². The van der Waals surface area contributed by atoms with Gasteiger partial charge in [-0.05, 0) is 48.1 Å². The zero-order chi connectivity index (χ0) is 15.6. The fraction of sp³-hybridized carbons (Fsp3) is 0.333. The Morgan fingerprint density at radius 3 is 2.29 bits per heavy atom. The zero-order valence-electron chi connectivity index (χ0n) is 12.7. The van der Waals surface area contributed by atoms with E-state index < -0.39 is 17.7 Å². The maximum atomic E-state index is 14.1. The minimum Gasteiger partial charge on any atom is -0.320 e. The summed E-state index contributed by atoms with van der Waals surface area (Å²) in [6.07, 6.45) is 1.73. The molecule has 1 nitrogen and oxygen atoms in total. The minimum absolute atomic E-state index is 0.344. The molecule has 0 saturated carbocycles. The van der Waals surface area contributed by atoms with Gasteiger partial charge < -0.3 is 5.73 Å². The van der Waals surface area contributed by atoms with Gasteiger partial charge in [-0.25, -0.2) is 8.78 Å². The third-order valence-electron chi connectivity index (χ3n) is 3.95. The highest BCUT2D eigenvalue weighted by atomic mass is 19.1. The summed E-state index contributed by atoms with van der Waals surface area (Å²) in [5, 5.41) is 0. The summed E-state index contributed by atoms with van der Waals surface area (Å²) in [7, 11) is 0. The van der Waals surface area contributed by atoms with Crippen LogP contribution < -0.4 is 5.73 Å². The van der Waals surface area contributed by atoms with Gasteiger partial charge in [0.15, 0.2) is 0 Å². The van der Waals surface area contributed by atoms with E-state index in [4.69, 9.17) is 5.73 Å². The number of nitrogens with two attached hydrogens (primary N) is 1. The molecular weight excluding hydrogens is 268 g/mol. The molecular formula is C18H21F2N. The van der Waals surface area contributed by atoms with Gasteiger partial charge in [0.25, 0.3) is 0 Å². The van der Waals surface area contributed by atoms with Crippen molar-refractivity contribution in [3.63, 3.8) is 0 Å². The summed E-state index contributed by atoms with van der Waals surface area (Å²) in [6, 6.07) is 7.99. The van der Waals surface area contributed by atoms with Gasteiger partial charge in [-0.2, -0.15) is 0 Å². The van der Waals surface area contributed by atoms with Crippen LogP contribution in [0, 0.1) is 18.6 Å². The Bertz CT molecular complexity index is 650. The molecule has 112 valence electrons. The van der Waals surface area contributed by atoms with Crippen LogP contribution in [0.25, 0.3) is 0 Å². The SMILES string of the molecule is CCc1ccc(CC)c(C(N)c2cc(C)c(F)cc2F)c1. The highest BCUT2D eigenvalue weighted by molar-refractivity contribution is 5.41. The van der Waals surface area contributed by atoms with Gasteiger partial charge in [0.1, 0.15) is 11.6 Å². The first kappa shape index (κ1) is 15.6. The molecule has 1 atom stereocenters. The fourth-order valence-corrected chi connectivity index (χ4v) is 2.56. The summed E-state index contributed by atoms with van der Waals surface area (Å²) in [5.74, 6) is -1.13. The first-order valence-corrected chi connectivity index (χ1v) is 7.30. The monoisotopic (exact) mass is 289 g/mol. The van der Waals surface area contributed by atoms with Crippen molar-refractivity contribution in [2.45, 2.75) is 39.7 Å². The van der Waals surface area contributed by atoms with E-state index in [1.54, 1.807) is 6.92 Å². The van der Waals surface area contributed by atoms with Crippen molar-refractivity contribution in [1.29, 1.82) is 0 Å². The van der Waals surface area contributed by atoms with Crippen LogP contribution >= 0.6 is 0 Å². The summed E-state index contributed by atoms with van der Waals surface area (Å²) < 4.78 is 27.5. The lowest BCUT2D eigenvalue weighted by atomic mass is 9.91. The van der Waals surface area contributed by atoms with Crippen LogP contribution in [0.5, 0.6) is 0 Å². The lowest BCUT2D eigenvalue weighted by molar-refractivity contribution is 0.560. The third-order valence-corrected chi connectivity index (χ3v) is 3.95. The van der Waals surface area contributed by atoms with E-state index >= 15 is 0 Å². The number of halogens is 2. The number of benzene rings is 2. The smallest absolute Gasteiger partial charge is 0.131 e. The summed E-state index contributed by atoms with van der Waals surface area (Å²) in [5.41, 5.74) is 10.2. The Morgan fingerprint density at radius 2 is 1.67 bits per heavy atom. The summed E-state index contributed by atoms with van der Waals surface area (Å²) in [4.78, 5) is 0. The van der Waals surface area contributed by atoms with Crippen molar-refractivity contribution >= 4 is 0 Å². The normalized spacial score (nSPS) is 12.5. The van der Waals surface area contributed by atoms with Crippen molar-refractivity contribution in [3.05, 3.63) is 69.8 Å². The van der Waals surface area contributed by atoms with Crippen LogP contribution in [-0.2, 0) is 12.8 Å². The largest absolute Gasteiger partial charge is 0.320 e. The van der Waals surface area contributed by atoms with Crippen LogP contribution in [0.15, 0.2) is 30.3 Å². The van der Waals surface area contributed by atoms with Crippen molar-refractivity contribution in [2.75, 3.05) is 0 Å². The van der Waals surface area contributed by atoms with E-state index in [0.29, 0.717) is 11.1 Å². The molecule has 2 N–H and O–H groups in total. The molecule has 0 amide bonds. The van der Waals surface area contributed by atoms with Gasteiger partial charge in [-0.3, -0.25) is 0 Å². The molecule has 2 aromatic rings. The number of hydrogen-bond donors (Lipinski definition) is 1. The van der Waals surface area contributed by atoms with Crippen LogP contribution in [0.3, 0.4) is 0 Å². The van der Waals surface area contributed by atoms with Crippen molar-refractivity contribution < 1.29 is 8.78 Å². The quantitative estimate of drug-likeness (QED) is 0.884. The number of aryl methyl sites for hydroxylation is 3. The summed E-state index contributed by atoms with van der Waals surface area (Å²) >= 11 is 0. The average Bonchev–Trinajstić information content (AvgIpc) is 2.49. The Hall–Kier alpha value is -1.74. The molecule has 0 aliphatic rings. The Morgan fingerprint density at radius 1 is 0.952 bits per heavy atom. The number of hydrogen-bond acceptors (Lipinski definition) is 1. The molecule has 0 bridgehead atoms. The molecule has 3 heteroatoms. The van der Waals surface area contributed by atoms with Gasteiger partial charge in [-0.1, -0.05) is 32.0 Å². The standard InChI is InChI=1S/C18H21F2N/c1-4-12-6-7-13(5-2)14(9-12)18(21)15-8-11(3)16(19)10-17(15)20/h6-10,18H,4-5,21H2,1-3H3. The Balaban J connectivity index is 2.53. The molecule has 0 fully saturated rings. The van der Waals surface area contributed by atoms with Gasteiger partial charge in [0.05, 0.1) is 6.04 Å². The van der Waals surface area contributed by atoms with E-state index in [9.17, 15) is 8.78 Å². The van der Waals surface area contributed by atoms with Crippen LogP contribution in [0.4, 0.5) is 8.78 Å². The fourth-order valence-electron chi connectivity index (χ4n) is 2.56. The molecule has 0 aliphatic carbocycles. The van der Waals surface area contributed by atoms with Gasteiger partial charge in [0.2, 0.25) is 0 Å². The minimum atomic E-state index is -0.588. The maximum absolute atomic E-state index is 14.1. The lowest BCUT2D eigenvalue weighted by Crippen LogP contribution is -2.16. The van der Waals surface area contributed by atoms with Gasteiger partial charge >= 0.3 is 0 Å². The second kappa shape index (κ2) is 6.35. The second-order valence-electron chi connectivity index (χ2n) is 5.34. The highest BCUT2D eigenvalue weighted by Gasteiger charge is 2.18. The molecule has 2 rings (SSSR count). The predicted octanol–water partition coefficient (Wildman–Crippen LogP) is 4.45. The van der Waals surface area contributed by atoms with E-state index in [1.165, 1.54) is 6.07 Å². The molecule has 0 heterocycles. The molecule has 0 aliphatic heterocycles. The van der Waals surface area contributed by atoms with E-state index in [1.807, 2.05) is 19.1 Å². The Labute approximate surface area is 124 Å². The molecule has 0 spiro atoms. The number of rotatable bonds is 4. The molecule has 2 aromatic carbocycles. The molecule has 0 radical (unpaired) electrons. The molecule has 0 aromatic heterocycles. The predicted molar refractivity (Wildman–Crippen MR) is 82.3 cm³/mol. The van der Waals surface area contributed by atoms with E-state index in [0.717, 1.165) is 35.6 Å². The third kappa shape index (κ3) is 3.13. The van der Waals surface area contributed by atoms with Gasteiger partial charge in [-0.15, -0.1) is 0 Å². The Kier molecular flexibility index (Phi) is 4.73. The molecule has 0 saturated heterocycles. The first-order chi connectivity index (χ1) is 9.97. The topological polar surface area (TPSA) is 26.0 Å². The first-order valence-electron chi connectivity index (χ1n) is 7.30. The highest BCUT2D eigenvalue weighted by Crippen LogP contribution is 2.28.